The molecule has 168 valence electrons. The van der Waals surface area contributed by atoms with Gasteiger partial charge in [0.1, 0.15) is 0 Å². The summed E-state index contributed by atoms with van der Waals surface area (Å²) in [6.45, 7) is 4.55. The van der Waals surface area contributed by atoms with Crippen molar-refractivity contribution in [2.75, 3.05) is 23.8 Å². The minimum atomic E-state index is -3.09. The molecule has 1 aromatic carbocycles. The normalized spacial score (nSPS) is 17.3. The number of nitrogens with zero attached hydrogens (tertiary/aromatic N) is 4. The molecule has 0 aliphatic carbocycles. The molecule has 3 aromatic rings. The van der Waals surface area contributed by atoms with E-state index >= 15 is 0 Å². The van der Waals surface area contributed by atoms with Crippen LogP contribution in [0.2, 0.25) is 0 Å². The third-order valence-electron chi connectivity index (χ3n) is 5.26. The van der Waals surface area contributed by atoms with Gasteiger partial charge in [0.2, 0.25) is 11.7 Å². The minimum absolute atomic E-state index is 0.00405. The fourth-order valence-corrected chi connectivity index (χ4v) is 6.27. The smallest absolute Gasteiger partial charge is 0.233 e. The standard InChI is InChI=1S/C22H24N4O4S2/c1-2-11-25(18-10-13-32(28,29)16-18)20(27)15-31-22-24-23-21(19-9-6-12-30-19)26(22)14-17-7-4-3-5-8-17/h2-9,12,18H,1,10-11,13-16H2. The lowest BCUT2D eigenvalue weighted by molar-refractivity contribution is -0.129. The Morgan fingerprint density at radius 2 is 2.06 bits per heavy atom. The van der Waals surface area contributed by atoms with E-state index in [1.54, 1.807) is 23.3 Å². The topological polar surface area (TPSA) is 98.3 Å². The van der Waals surface area contributed by atoms with Crippen LogP contribution >= 0.6 is 11.8 Å². The lowest BCUT2D eigenvalue weighted by Crippen LogP contribution is -2.42. The molecule has 1 amide bonds. The van der Waals surface area contributed by atoms with Crippen molar-refractivity contribution < 1.29 is 17.6 Å². The number of hydrogen-bond acceptors (Lipinski definition) is 7. The summed E-state index contributed by atoms with van der Waals surface area (Å²) < 4.78 is 31.2. The van der Waals surface area contributed by atoms with Crippen LogP contribution < -0.4 is 0 Å². The number of furan rings is 1. The van der Waals surface area contributed by atoms with Crippen molar-refractivity contribution in [3.63, 3.8) is 0 Å². The van der Waals surface area contributed by atoms with Gasteiger partial charge in [0.15, 0.2) is 20.8 Å². The molecule has 4 rings (SSSR count). The molecule has 1 fully saturated rings. The first-order chi connectivity index (χ1) is 15.5. The van der Waals surface area contributed by atoms with Gasteiger partial charge in [-0.1, -0.05) is 48.2 Å². The summed E-state index contributed by atoms with van der Waals surface area (Å²) in [5.74, 6) is 1.27. The summed E-state index contributed by atoms with van der Waals surface area (Å²) in [4.78, 5) is 14.6. The first kappa shape index (κ1) is 22.3. The second-order valence-corrected chi connectivity index (χ2v) is 10.7. The molecule has 1 atom stereocenters. The molecule has 10 heteroatoms. The number of hydrogen-bond donors (Lipinski definition) is 0. The highest BCUT2D eigenvalue weighted by atomic mass is 32.2. The van der Waals surface area contributed by atoms with Crippen LogP contribution in [0.15, 0.2) is 71.0 Å². The van der Waals surface area contributed by atoms with Crippen molar-refractivity contribution in [1.29, 1.82) is 0 Å². The Kier molecular flexibility index (Phi) is 6.80. The molecule has 2 aromatic heterocycles. The summed E-state index contributed by atoms with van der Waals surface area (Å²) in [5, 5.41) is 9.17. The van der Waals surface area contributed by atoms with Crippen molar-refractivity contribution in [3.05, 3.63) is 66.9 Å². The molecule has 1 aliphatic rings. The summed E-state index contributed by atoms with van der Waals surface area (Å²) in [5.41, 5.74) is 1.07. The van der Waals surface area contributed by atoms with E-state index in [1.807, 2.05) is 41.0 Å². The quantitative estimate of drug-likeness (QED) is 0.349. The SMILES string of the molecule is C=CCN(C(=O)CSc1nnc(-c2ccco2)n1Cc1ccccc1)C1CCS(=O)(=O)C1. The van der Waals surface area contributed by atoms with Crippen molar-refractivity contribution in [2.24, 2.45) is 0 Å². The van der Waals surface area contributed by atoms with Crippen LogP contribution in [0.1, 0.15) is 12.0 Å². The average Bonchev–Trinajstić information content (AvgIpc) is 3.51. The molecule has 0 saturated carbocycles. The molecule has 0 bridgehead atoms. The molecule has 8 nitrogen and oxygen atoms in total. The van der Waals surface area contributed by atoms with E-state index in [1.165, 1.54) is 11.8 Å². The monoisotopic (exact) mass is 472 g/mol. The average molecular weight is 473 g/mol. The molecule has 1 saturated heterocycles. The maximum absolute atomic E-state index is 13.0. The molecule has 3 heterocycles. The van der Waals surface area contributed by atoms with Gasteiger partial charge in [0.05, 0.1) is 30.1 Å². The van der Waals surface area contributed by atoms with Gasteiger partial charge in [0, 0.05) is 12.6 Å². The Morgan fingerprint density at radius 1 is 1.25 bits per heavy atom. The number of carbonyl (C=O) groups is 1. The van der Waals surface area contributed by atoms with E-state index in [0.29, 0.717) is 36.3 Å². The second kappa shape index (κ2) is 9.74. The molecule has 0 spiro atoms. The van der Waals surface area contributed by atoms with Crippen molar-refractivity contribution in [1.82, 2.24) is 19.7 Å². The second-order valence-electron chi connectivity index (χ2n) is 7.54. The van der Waals surface area contributed by atoms with E-state index in [2.05, 4.69) is 16.8 Å². The Hall–Kier alpha value is -2.85. The maximum Gasteiger partial charge on any atom is 0.233 e. The van der Waals surface area contributed by atoms with E-state index in [-0.39, 0.29) is 29.2 Å². The molecular weight excluding hydrogens is 448 g/mol. The number of benzene rings is 1. The minimum Gasteiger partial charge on any atom is -0.461 e. The van der Waals surface area contributed by atoms with Crippen LogP contribution in [0.25, 0.3) is 11.6 Å². The van der Waals surface area contributed by atoms with Crippen LogP contribution in [-0.4, -0.2) is 63.8 Å². The molecule has 1 unspecified atom stereocenters. The summed E-state index contributed by atoms with van der Waals surface area (Å²) >= 11 is 1.28. The largest absolute Gasteiger partial charge is 0.461 e. The lowest BCUT2D eigenvalue weighted by Gasteiger charge is -2.26. The van der Waals surface area contributed by atoms with Gasteiger partial charge < -0.3 is 9.32 Å². The first-order valence-corrected chi connectivity index (χ1v) is 13.0. The molecule has 0 radical (unpaired) electrons. The molecule has 0 N–H and O–H groups in total. The Morgan fingerprint density at radius 3 is 2.72 bits per heavy atom. The number of thioether (sulfide) groups is 1. The third kappa shape index (κ3) is 5.13. The molecular formula is C22H24N4O4S2. The van der Waals surface area contributed by atoms with Crippen LogP contribution in [0.4, 0.5) is 0 Å². The van der Waals surface area contributed by atoms with Gasteiger partial charge >= 0.3 is 0 Å². The highest BCUT2D eigenvalue weighted by molar-refractivity contribution is 7.99. The zero-order valence-corrected chi connectivity index (χ0v) is 19.1. The van der Waals surface area contributed by atoms with Gasteiger partial charge in [0.25, 0.3) is 0 Å². The zero-order chi connectivity index (χ0) is 22.6. The van der Waals surface area contributed by atoms with Gasteiger partial charge in [-0.05, 0) is 24.1 Å². The number of rotatable bonds is 9. The van der Waals surface area contributed by atoms with Gasteiger partial charge in [-0.3, -0.25) is 9.36 Å². The van der Waals surface area contributed by atoms with Crippen LogP contribution in [-0.2, 0) is 21.2 Å². The Balaban J connectivity index is 1.53. The Bertz CT molecular complexity index is 1170. The summed E-state index contributed by atoms with van der Waals surface area (Å²) in [6, 6.07) is 13.2. The van der Waals surface area contributed by atoms with Gasteiger partial charge in [-0.15, -0.1) is 16.8 Å². The predicted molar refractivity (Wildman–Crippen MR) is 123 cm³/mol. The summed E-state index contributed by atoms with van der Waals surface area (Å²) in [7, 11) is -3.09. The third-order valence-corrected chi connectivity index (χ3v) is 7.96. The number of carbonyl (C=O) groups excluding carboxylic acids is 1. The van der Waals surface area contributed by atoms with E-state index in [4.69, 9.17) is 4.42 Å². The van der Waals surface area contributed by atoms with Crippen LogP contribution in [0.3, 0.4) is 0 Å². The summed E-state index contributed by atoms with van der Waals surface area (Å²) in [6.07, 6.45) is 3.66. The predicted octanol–water partition coefficient (Wildman–Crippen LogP) is 2.88. The van der Waals surface area contributed by atoms with Crippen LogP contribution in [0.5, 0.6) is 0 Å². The molecule has 32 heavy (non-hydrogen) atoms. The zero-order valence-electron chi connectivity index (χ0n) is 17.5. The van der Waals surface area contributed by atoms with E-state index in [9.17, 15) is 13.2 Å². The van der Waals surface area contributed by atoms with Gasteiger partial charge in [-0.2, -0.15) is 0 Å². The highest BCUT2D eigenvalue weighted by Crippen LogP contribution is 2.26. The van der Waals surface area contributed by atoms with Crippen molar-refractivity contribution in [2.45, 2.75) is 24.2 Å². The van der Waals surface area contributed by atoms with Crippen LogP contribution in [0, 0.1) is 0 Å². The van der Waals surface area contributed by atoms with Gasteiger partial charge in [-0.25, -0.2) is 8.42 Å². The van der Waals surface area contributed by atoms with E-state index in [0.717, 1.165) is 5.56 Å². The van der Waals surface area contributed by atoms with E-state index < -0.39 is 9.84 Å². The molecule has 1 aliphatic heterocycles. The maximum atomic E-state index is 13.0. The Labute approximate surface area is 191 Å². The van der Waals surface area contributed by atoms with Crippen molar-refractivity contribution >= 4 is 27.5 Å². The number of sulfone groups is 1. The highest BCUT2D eigenvalue weighted by Gasteiger charge is 2.34. The fraction of sp³-hybridized carbons (Fsp3) is 0.318. The number of aromatic nitrogens is 3. The van der Waals surface area contributed by atoms with Crippen molar-refractivity contribution in [3.8, 4) is 11.6 Å². The lowest BCUT2D eigenvalue weighted by atomic mass is 10.2. The number of amides is 1. The first-order valence-electron chi connectivity index (χ1n) is 10.2. The fourth-order valence-electron chi connectivity index (χ4n) is 3.72.